The number of hydrogen-bond acceptors (Lipinski definition) is 2. The van der Waals surface area contributed by atoms with Gasteiger partial charge in [0.1, 0.15) is 0 Å². The van der Waals surface area contributed by atoms with E-state index in [2.05, 4.69) is 10.6 Å². The van der Waals surface area contributed by atoms with Gasteiger partial charge in [0.25, 0.3) is 5.91 Å². The fourth-order valence-electron chi connectivity index (χ4n) is 1.68. The molecule has 0 spiro atoms. The van der Waals surface area contributed by atoms with Crippen LogP contribution >= 0.6 is 0 Å². The summed E-state index contributed by atoms with van der Waals surface area (Å²) in [6.07, 6.45) is 2.42. The van der Waals surface area contributed by atoms with Crippen molar-refractivity contribution in [2.45, 2.75) is 32.7 Å². The normalized spacial score (nSPS) is 14.6. The number of carbonyl (C=O) groups is 1. The van der Waals surface area contributed by atoms with Crippen molar-refractivity contribution in [3.63, 3.8) is 0 Å². The molecule has 2 rings (SSSR count). The summed E-state index contributed by atoms with van der Waals surface area (Å²) in [5, 5.41) is 6.23. The second kappa shape index (κ2) is 4.56. The minimum Gasteiger partial charge on any atom is -0.382 e. The minimum absolute atomic E-state index is 0.00866. The van der Waals surface area contributed by atoms with Crippen molar-refractivity contribution in [1.82, 2.24) is 5.32 Å². The molecule has 0 bridgehead atoms. The quantitative estimate of drug-likeness (QED) is 0.814. The summed E-state index contributed by atoms with van der Waals surface area (Å²) in [5.41, 5.74) is 2.83. The Kier molecular flexibility index (Phi) is 3.13. The second-order valence-electron chi connectivity index (χ2n) is 4.33. The highest BCUT2D eigenvalue weighted by molar-refractivity contribution is 5.99. The van der Waals surface area contributed by atoms with Gasteiger partial charge >= 0.3 is 0 Å². The van der Waals surface area contributed by atoms with Crippen molar-refractivity contribution in [2.24, 2.45) is 0 Å². The zero-order chi connectivity index (χ0) is 11.5. The molecule has 0 heterocycles. The van der Waals surface area contributed by atoms with Crippen LogP contribution < -0.4 is 10.6 Å². The van der Waals surface area contributed by atoms with Crippen LogP contribution in [0.5, 0.6) is 0 Å². The molecule has 3 nitrogen and oxygen atoms in total. The van der Waals surface area contributed by atoms with Crippen LogP contribution in [0.2, 0.25) is 0 Å². The van der Waals surface area contributed by atoms with Gasteiger partial charge in [-0.3, -0.25) is 4.79 Å². The molecule has 0 atom stereocenters. The third kappa shape index (κ3) is 2.54. The Balaban J connectivity index is 2.23. The number of aryl methyl sites for hydroxylation is 1. The molecule has 0 aliphatic heterocycles. The fraction of sp³-hybridized carbons (Fsp3) is 0.462. The lowest BCUT2D eigenvalue weighted by atomic mass is 10.1. The van der Waals surface area contributed by atoms with Gasteiger partial charge in [-0.15, -0.1) is 0 Å². The number of amides is 1. The fourth-order valence-corrected chi connectivity index (χ4v) is 1.68. The van der Waals surface area contributed by atoms with Gasteiger partial charge in [-0.25, -0.2) is 0 Å². The molecule has 16 heavy (non-hydrogen) atoms. The van der Waals surface area contributed by atoms with Gasteiger partial charge in [-0.05, 0) is 38.8 Å². The van der Waals surface area contributed by atoms with Crippen molar-refractivity contribution in [2.75, 3.05) is 11.9 Å². The van der Waals surface area contributed by atoms with E-state index >= 15 is 0 Å². The van der Waals surface area contributed by atoms with Crippen molar-refractivity contribution in [3.05, 3.63) is 29.3 Å². The molecule has 0 aromatic heterocycles. The van der Waals surface area contributed by atoms with Crippen LogP contribution in [-0.2, 0) is 0 Å². The van der Waals surface area contributed by atoms with E-state index in [9.17, 15) is 4.79 Å². The van der Waals surface area contributed by atoms with Crippen LogP contribution in [0.4, 0.5) is 5.69 Å². The van der Waals surface area contributed by atoms with Crippen molar-refractivity contribution < 1.29 is 4.79 Å². The Hall–Kier alpha value is -1.51. The Labute approximate surface area is 96.2 Å². The van der Waals surface area contributed by atoms with Crippen LogP contribution in [0.15, 0.2) is 18.2 Å². The van der Waals surface area contributed by atoms with E-state index in [4.69, 9.17) is 0 Å². The Morgan fingerprint density at radius 3 is 2.81 bits per heavy atom. The van der Waals surface area contributed by atoms with Crippen molar-refractivity contribution >= 4 is 11.6 Å². The molecule has 0 unspecified atom stereocenters. The molecule has 3 heteroatoms. The number of hydrogen-bond donors (Lipinski definition) is 2. The first kappa shape index (κ1) is 11.0. The maximum atomic E-state index is 11.9. The predicted octanol–water partition coefficient (Wildman–Crippen LogP) is 2.32. The van der Waals surface area contributed by atoms with Gasteiger partial charge in [-0.1, -0.05) is 11.6 Å². The first-order valence-electron chi connectivity index (χ1n) is 5.86. The van der Waals surface area contributed by atoms with E-state index in [1.807, 2.05) is 32.0 Å². The molecule has 0 radical (unpaired) electrons. The van der Waals surface area contributed by atoms with Gasteiger partial charge < -0.3 is 10.6 Å². The molecule has 1 aromatic rings. The SMILES string of the molecule is CCNC(=O)c1cc(C)ccc1NC1CC1. The van der Waals surface area contributed by atoms with E-state index in [1.54, 1.807) is 0 Å². The van der Waals surface area contributed by atoms with Crippen LogP contribution in [0.3, 0.4) is 0 Å². The highest BCUT2D eigenvalue weighted by Crippen LogP contribution is 2.27. The summed E-state index contributed by atoms with van der Waals surface area (Å²) in [6, 6.07) is 6.54. The number of carbonyl (C=O) groups excluding carboxylic acids is 1. The average molecular weight is 218 g/mol. The molecule has 1 amide bonds. The van der Waals surface area contributed by atoms with Gasteiger partial charge in [-0.2, -0.15) is 0 Å². The molecule has 1 fully saturated rings. The molecule has 1 aliphatic carbocycles. The number of benzene rings is 1. The lowest BCUT2D eigenvalue weighted by Crippen LogP contribution is -2.24. The monoisotopic (exact) mass is 218 g/mol. The summed E-state index contributed by atoms with van der Waals surface area (Å²) in [6.45, 7) is 4.60. The van der Waals surface area contributed by atoms with Crippen LogP contribution in [0, 0.1) is 6.92 Å². The predicted molar refractivity (Wildman–Crippen MR) is 65.8 cm³/mol. The van der Waals surface area contributed by atoms with Gasteiger partial charge in [0, 0.05) is 18.3 Å². The summed E-state index contributed by atoms with van der Waals surface area (Å²) < 4.78 is 0. The van der Waals surface area contributed by atoms with Crippen LogP contribution in [0.25, 0.3) is 0 Å². The third-order valence-corrected chi connectivity index (χ3v) is 2.69. The van der Waals surface area contributed by atoms with E-state index in [0.717, 1.165) is 16.8 Å². The molecular weight excluding hydrogens is 200 g/mol. The molecule has 1 aromatic carbocycles. The van der Waals surface area contributed by atoms with Gasteiger partial charge in [0.15, 0.2) is 0 Å². The maximum Gasteiger partial charge on any atom is 0.253 e. The lowest BCUT2D eigenvalue weighted by molar-refractivity contribution is 0.0956. The van der Waals surface area contributed by atoms with E-state index < -0.39 is 0 Å². The van der Waals surface area contributed by atoms with E-state index in [0.29, 0.717) is 12.6 Å². The molecular formula is C13H18N2O. The number of anilines is 1. The maximum absolute atomic E-state index is 11.9. The smallest absolute Gasteiger partial charge is 0.253 e. The zero-order valence-electron chi connectivity index (χ0n) is 9.84. The summed E-state index contributed by atoms with van der Waals surface area (Å²) in [7, 11) is 0. The minimum atomic E-state index is 0.00866. The average Bonchev–Trinajstić information content (AvgIpc) is 3.05. The summed E-state index contributed by atoms with van der Waals surface area (Å²) in [4.78, 5) is 11.9. The molecule has 1 saturated carbocycles. The van der Waals surface area contributed by atoms with Crippen LogP contribution in [-0.4, -0.2) is 18.5 Å². The van der Waals surface area contributed by atoms with Gasteiger partial charge in [0.05, 0.1) is 5.56 Å². The first-order chi connectivity index (χ1) is 7.70. The lowest BCUT2D eigenvalue weighted by Gasteiger charge is -2.11. The van der Waals surface area contributed by atoms with Crippen molar-refractivity contribution in [1.29, 1.82) is 0 Å². The summed E-state index contributed by atoms with van der Waals surface area (Å²) in [5.74, 6) is 0.00866. The standard InChI is InChI=1S/C13H18N2O/c1-3-14-13(16)11-8-9(2)4-7-12(11)15-10-5-6-10/h4,7-8,10,15H,3,5-6H2,1-2H3,(H,14,16). The van der Waals surface area contributed by atoms with Gasteiger partial charge in [0.2, 0.25) is 0 Å². The van der Waals surface area contributed by atoms with Crippen molar-refractivity contribution in [3.8, 4) is 0 Å². The number of nitrogens with one attached hydrogen (secondary N) is 2. The molecule has 2 N–H and O–H groups in total. The highest BCUT2D eigenvalue weighted by Gasteiger charge is 2.22. The molecule has 1 aliphatic rings. The first-order valence-corrected chi connectivity index (χ1v) is 5.86. The Bertz CT molecular complexity index is 397. The summed E-state index contributed by atoms with van der Waals surface area (Å²) >= 11 is 0. The third-order valence-electron chi connectivity index (χ3n) is 2.69. The largest absolute Gasteiger partial charge is 0.382 e. The second-order valence-corrected chi connectivity index (χ2v) is 4.33. The number of rotatable bonds is 4. The Morgan fingerprint density at radius 1 is 1.44 bits per heavy atom. The van der Waals surface area contributed by atoms with E-state index in [1.165, 1.54) is 12.8 Å². The topological polar surface area (TPSA) is 41.1 Å². The van der Waals surface area contributed by atoms with E-state index in [-0.39, 0.29) is 5.91 Å². The highest BCUT2D eigenvalue weighted by atomic mass is 16.1. The molecule has 0 saturated heterocycles. The van der Waals surface area contributed by atoms with Crippen LogP contribution in [0.1, 0.15) is 35.7 Å². The zero-order valence-corrected chi connectivity index (χ0v) is 9.84. The molecule has 86 valence electrons. The Morgan fingerprint density at radius 2 is 2.19 bits per heavy atom.